The number of ether oxygens (including phenoxy) is 1. The second-order valence-electron chi connectivity index (χ2n) is 5.50. The third-order valence-electron chi connectivity index (χ3n) is 3.70. The molecular weight excluding hydrogens is 302 g/mol. The zero-order chi connectivity index (χ0) is 16.8. The standard InChI is InChI=1S/C20H19NO3/c1-15(24-19-5-3-2-4-6-19)20(22)21-13-16-7-9-17(10-8-16)18-11-12-23-14-18/h2-12,14-15H,13H2,1H3,(H,21,22)/t15-/m1/s1. The van der Waals surface area contributed by atoms with Crippen LogP contribution in [0.15, 0.2) is 77.6 Å². The van der Waals surface area contributed by atoms with Crippen molar-refractivity contribution in [2.24, 2.45) is 0 Å². The lowest BCUT2D eigenvalue weighted by atomic mass is 10.1. The van der Waals surface area contributed by atoms with Gasteiger partial charge in [0.25, 0.3) is 5.91 Å². The van der Waals surface area contributed by atoms with Gasteiger partial charge in [-0.3, -0.25) is 4.79 Å². The fourth-order valence-corrected chi connectivity index (χ4v) is 2.33. The minimum Gasteiger partial charge on any atom is -0.481 e. The fraction of sp³-hybridized carbons (Fsp3) is 0.150. The highest BCUT2D eigenvalue weighted by molar-refractivity contribution is 5.80. The first-order valence-corrected chi connectivity index (χ1v) is 7.83. The second kappa shape index (κ2) is 7.51. The van der Waals surface area contributed by atoms with E-state index in [1.807, 2.05) is 60.7 Å². The van der Waals surface area contributed by atoms with Crippen molar-refractivity contribution in [1.82, 2.24) is 5.32 Å². The quantitative estimate of drug-likeness (QED) is 0.746. The van der Waals surface area contributed by atoms with Gasteiger partial charge in [-0.25, -0.2) is 0 Å². The van der Waals surface area contributed by atoms with Crippen molar-refractivity contribution in [1.29, 1.82) is 0 Å². The van der Waals surface area contributed by atoms with Gasteiger partial charge in [-0.15, -0.1) is 0 Å². The molecule has 3 rings (SSSR count). The molecule has 24 heavy (non-hydrogen) atoms. The maximum atomic E-state index is 12.1. The molecule has 0 unspecified atom stereocenters. The number of hydrogen-bond acceptors (Lipinski definition) is 3. The number of nitrogens with one attached hydrogen (secondary N) is 1. The monoisotopic (exact) mass is 321 g/mol. The predicted octanol–water partition coefficient (Wildman–Crippen LogP) is 4.03. The molecular formula is C20H19NO3. The molecule has 0 aliphatic carbocycles. The molecule has 0 saturated heterocycles. The summed E-state index contributed by atoms with van der Waals surface area (Å²) in [6, 6.07) is 19.2. The molecule has 1 aromatic heterocycles. The van der Waals surface area contributed by atoms with Crippen molar-refractivity contribution in [2.45, 2.75) is 19.6 Å². The van der Waals surface area contributed by atoms with Crippen LogP contribution in [0.1, 0.15) is 12.5 Å². The first-order chi connectivity index (χ1) is 11.7. The maximum absolute atomic E-state index is 12.1. The van der Waals surface area contributed by atoms with Crippen LogP contribution in [0.3, 0.4) is 0 Å². The zero-order valence-corrected chi connectivity index (χ0v) is 13.4. The van der Waals surface area contributed by atoms with E-state index in [0.29, 0.717) is 12.3 Å². The van der Waals surface area contributed by atoms with Crippen molar-refractivity contribution in [3.05, 3.63) is 78.8 Å². The van der Waals surface area contributed by atoms with Gasteiger partial charge in [0.1, 0.15) is 5.75 Å². The van der Waals surface area contributed by atoms with Crippen molar-refractivity contribution in [3.8, 4) is 16.9 Å². The summed E-state index contributed by atoms with van der Waals surface area (Å²) >= 11 is 0. The molecule has 0 radical (unpaired) electrons. The molecule has 4 heteroatoms. The van der Waals surface area contributed by atoms with Crippen LogP contribution in [0.4, 0.5) is 0 Å². The van der Waals surface area contributed by atoms with E-state index in [-0.39, 0.29) is 5.91 Å². The van der Waals surface area contributed by atoms with Gasteiger partial charge in [-0.2, -0.15) is 0 Å². The molecule has 122 valence electrons. The fourth-order valence-electron chi connectivity index (χ4n) is 2.33. The largest absolute Gasteiger partial charge is 0.481 e. The highest BCUT2D eigenvalue weighted by atomic mass is 16.5. The molecule has 3 aromatic rings. The average molecular weight is 321 g/mol. The molecule has 1 amide bonds. The third kappa shape index (κ3) is 4.04. The van der Waals surface area contributed by atoms with E-state index in [1.165, 1.54) is 0 Å². The first-order valence-electron chi connectivity index (χ1n) is 7.83. The summed E-state index contributed by atoms with van der Waals surface area (Å²) in [5, 5.41) is 2.89. The average Bonchev–Trinajstić information content (AvgIpc) is 3.15. The van der Waals surface area contributed by atoms with E-state index in [1.54, 1.807) is 19.5 Å². The van der Waals surface area contributed by atoms with E-state index in [4.69, 9.17) is 9.15 Å². The summed E-state index contributed by atoms with van der Waals surface area (Å²) in [5.74, 6) is 0.544. The van der Waals surface area contributed by atoms with Crippen molar-refractivity contribution in [3.63, 3.8) is 0 Å². The lowest BCUT2D eigenvalue weighted by Crippen LogP contribution is -2.35. The van der Waals surface area contributed by atoms with Crippen LogP contribution >= 0.6 is 0 Å². The number of rotatable bonds is 6. The molecule has 1 heterocycles. The molecule has 1 atom stereocenters. The second-order valence-corrected chi connectivity index (χ2v) is 5.50. The van der Waals surface area contributed by atoms with Crippen LogP contribution < -0.4 is 10.1 Å². The van der Waals surface area contributed by atoms with Crippen molar-refractivity contribution >= 4 is 5.91 Å². The molecule has 0 saturated carbocycles. The number of benzene rings is 2. The number of furan rings is 1. The third-order valence-corrected chi connectivity index (χ3v) is 3.70. The van der Waals surface area contributed by atoms with Gasteiger partial charge >= 0.3 is 0 Å². The first kappa shape index (κ1) is 15.9. The summed E-state index contributed by atoms with van der Waals surface area (Å²) in [4.78, 5) is 12.1. The Labute approximate surface area is 141 Å². The molecule has 0 fully saturated rings. The zero-order valence-electron chi connectivity index (χ0n) is 13.4. The van der Waals surface area contributed by atoms with Crippen LogP contribution in [0, 0.1) is 0 Å². The summed E-state index contributed by atoms with van der Waals surface area (Å²) in [7, 11) is 0. The van der Waals surface area contributed by atoms with E-state index in [9.17, 15) is 4.79 Å². The van der Waals surface area contributed by atoms with Crippen LogP contribution in [-0.2, 0) is 11.3 Å². The molecule has 0 aliphatic rings. The Morgan fingerprint density at radius 3 is 2.46 bits per heavy atom. The van der Waals surface area contributed by atoms with Crippen LogP contribution in [0.5, 0.6) is 5.75 Å². The Hall–Kier alpha value is -3.01. The predicted molar refractivity (Wildman–Crippen MR) is 92.5 cm³/mol. The van der Waals surface area contributed by atoms with Gasteiger partial charge in [0.2, 0.25) is 0 Å². The topological polar surface area (TPSA) is 51.5 Å². The van der Waals surface area contributed by atoms with Gasteiger partial charge in [-0.1, -0.05) is 42.5 Å². The van der Waals surface area contributed by atoms with E-state index in [0.717, 1.165) is 16.7 Å². The lowest BCUT2D eigenvalue weighted by molar-refractivity contribution is -0.127. The highest BCUT2D eigenvalue weighted by Gasteiger charge is 2.14. The molecule has 0 spiro atoms. The summed E-state index contributed by atoms with van der Waals surface area (Å²) in [6.45, 7) is 2.21. The maximum Gasteiger partial charge on any atom is 0.261 e. The summed E-state index contributed by atoms with van der Waals surface area (Å²) in [5.41, 5.74) is 3.15. The van der Waals surface area contributed by atoms with Gasteiger partial charge in [0.15, 0.2) is 6.10 Å². The van der Waals surface area contributed by atoms with E-state index < -0.39 is 6.10 Å². The Bertz CT molecular complexity index is 764. The number of carbonyl (C=O) groups excluding carboxylic acids is 1. The number of hydrogen-bond donors (Lipinski definition) is 1. The molecule has 2 aromatic carbocycles. The SMILES string of the molecule is C[C@@H](Oc1ccccc1)C(=O)NCc1ccc(-c2ccoc2)cc1. The van der Waals surface area contributed by atoms with E-state index in [2.05, 4.69) is 5.32 Å². The van der Waals surface area contributed by atoms with Crippen LogP contribution in [0.25, 0.3) is 11.1 Å². The minimum atomic E-state index is -0.544. The minimum absolute atomic E-state index is 0.141. The number of carbonyl (C=O) groups is 1. The van der Waals surface area contributed by atoms with E-state index >= 15 is 0 Å². The lowest BCUT2D eigenvalue weighted by Gasteiger charge is -2.14. The summed E-state index contributed by atoms with van der Waals surface area (Å²) in [6.07, 6.45) is 2.81. The van der Waals surface area contributed by atoms with Gasteiger partial charge in [0, 0.05) is 12.1 Å². The van der Waals surface area contributed by atoms with Crippen LogP contribution in [-0.4, -0.2) is 12.0 Å². The Morgan fingerprint density at radius 2 is 1.79 bits per heavy atom. The number of amides is 1. The molecule has 1 N–H and O–H groups in total. The highest BCUT2D eigenvalue weighted by Crippen LogP contribution is 2.20. The van der Waals surface area contributed by atoms with Gasteiger partial charge in [0.05, 0.1) is 12.5 Å². The Balaban J connectivity index is 1.52. The van der Waals surface area contributed by atoms with Crippen molar-refractivity contribution < 1.29 is 13.9 Å². The Kier molecular flexibility index (Phi) is 4.96. The molecule has 0 aliphatic heterocycles. The molecule has 4 nitrogen and oxygen atoms in total. The Morgan fingerprint density at radius 1 is 1.04 bits per heavy atom. The normalized spacial score (nSPS) is 11.7. The molecule has 0 bridgehead atoms. The smallest absolute Gasteiger partial charge is 0.261 e. The van der Waals surface area contributed by atoms with Crippen molar-refractivity contribution in [2.75, 3.05) is 0 Å². The number of para-hydroxylation sites is 1. The van der Waals surface area contributed by atoms with Gasteiger partial charge in [-0.05, 0) is 36.2 Å². The van der Waals surface area contributed by atoms with Crippen LogP contribution in [0.2, 0.25) is 0 Å². The summed E-state index contributed by atoms with van der Waals surface area (Å²) < 4.78 is 10.7. The van der Waals surface area contributed by atoms with Gasteiger partial charge < -0.3 is 14.5 Å².